The first-order chi connectivity index (χ1) is 19.1. The second kappa shape index (κ2) is 14.5. The zero-order valence-corrected chi connectivity index (χ0v) is 23.4. The standard InChI is InChI=1S/C29H35N3O7S/c1-22(2)17-18-31(40(37,38)28-16-10-9-15-26(28)32(35)36)20-27(33)25(19-23-11-5-3-6-12-23)30-29(34)39-21-24-13-7-4-8-14-24/h3-16,22,25,27,33H,17-21H2,1-2H3,(H,30,34)/t25-,27+/m0/s1. The molecule has 0 saturated heterocycles. The lowest BCUT2D eigenvalue weighted by Gasteiger charge is -2.30. The number of nitro benzene ring substituents is 1. The van der Waals surface area contributed by atoms with E-state index in [1.807, 2.05) is 74.5 Å². The molecule has 0 unspecified atom stereocenters. The molecule has 2 atom stereocenters. The monoisotopic (exact) mass is 569 g/mol. The molecule has 40 heavy (non-hydrogen) atoms. The third kappa shape index (κ3) is 8.87. The van der Waals surface area contributed by atoms with Crippen LogP contribution in [0.2, 0.25) is 0 Å². The summed E-state index contributed by atoms with van der Waals surface area (Å²) < 4.78 is 33.7. The van der Waals surface area contributed by atoms with Gasteiger partial charge in [-0.2, -0.15) is 4.31 Å². The van der Waals surface area contributed by atoms with Crippen LogP contribution < -0.4 is 5.32 Å². The van der Waals surface area contributed by atoms with Gasteiger partial charge < -0.3 is 15.2 Å². The zero-order chi connectivity index (χ0) is 29.1. The van der Waals surface area contributed by atoms with Crippen LogP contribution in [0, 0.1) is 16.0 Å². The van der Waals surface area contributed by atoms with Gasteiger partial charge in [-0.3, -0.25) is 10.1 Å². The van der Waals surface area contributed by atoms with Gasteiger partial charge in [0.25, 0.3) is 5.69 Å². The number of alkyl carbamates (subject to hydrolysis) is 1. The molecule has 0 aliphatic heterocycles. The highest BCUT2D eigenvalue weighted by Gasteiger charge is 2.34. The third-order valence-corrected chi connectivity index (χ3v) is 8.22. The number of benzene rings is 3. The number of amides is 1. The van der Waals surface area contributed by atoms with E-state index in [2.05, 4.69) is 5.32 Å². The van der Waals surface area contributed by atoms with Crippen molar-refractivity contribution in [1.82, 2.24) is 9.62 Å². The van der Waals surface area contributed by atoms with E-state index in [9.17, 15) is 28.4 Å². The molecular weight excluding hydrogens is 534 g/mol. The van der Waals surface area contributed by atoms with E-state index < -0.39 is 50.3 Å². The minimum absolute atomic E-state index is 0.0212. The molecule has 0 fully saturated rings. The predicted molar refractivity (Wildman–Crippen MR) is 151 cm³/mol. The molecule has 3 rings (SSSR count). The first-order valence-corrected chi connectivity index (χ1v) is 14.4. The normalized spacial score (nSPS) is 13.1. The van der Waals surface area contributed by atoms with E-state index in [1.54, 1.807) is 0 Å². The van der Waals surface area contributed by atoms with Crippen LogP contribution in [-0.2, 0) is 27.8 Å². The summed E-state index contributed by atoms with van der Waals surface area (Å²) in [7, 11) is -4.36. The van der Waals surface area contributed by atoms with E-state index in [4.69, 9.17) is 4.74 Å². The number of para-hydroxylation sites is 1. The summed E-state index contributed by atoms with van der Waals surface area (Å²) in [5, 5.41) is 25.6. The van der Waals surface area contributed by atoms with Crippen molar-refractivity contribution in [2.45, 2.75) is 50.3 Å². The van der Waals surface area contributed by atoms with Crippen LogP contribution in [0.5, 0.6) is 0 Å². The minimum Gasteiger partial charge on any atom is -0.445 e. The number of hydrogen-bond donors (Lipinski definition) is 2. The van der Waals surface area contributed by atoms with Crippen molar-refractivity contribution < 1.29 is 28.0 Å². The number of aliphatic hydroxyl groups excluding tert-OH is 1. The number of nitrogens with one attached hydrogen (secondary N) is 1. The number of hydrogen-bond acceptors (Lipinski definition) is 7. The molecule has 0 aromatic heterocycles. The number of nitro groups is 1. The van der Waals surface area contributed by atoms with Crippen molar-refractivity contribution in [3.8, 4) is 0 Å². The summed E-state index contributed by atoms with van der Waals surface area (Å²) in [6, 6.07) is 22.5. The second-order valence-corrected chi connectivity index (χ2v) is 11.7. The summed E-state index contributed by atoms with van der Waals surface area (Å²) in [6.07, 6.45) is -1.46. The number of carbonyl (C=O) groups is 1. The van der Waals surface area contributed by atoms with E-state index in [1.165, 1.54) is 18.2 Å². The number of ether oxygens (including phenoxy) is 1. The molecule has 11 heteroatoms. The maximum atomic E-state index is 13.7. The first kappa shape index (κ1) is 30.7. The van der Waals surface area contributed by atoms with Gasteiger partial charge in [-0.05, 0) is 36.0 Å². The smallest absolute Gasteiger partial charge is 0.407 e. The second-order valence-electron chi connectivity index (χ2n) is 9.84. The van der Waals surface area contributed by atoms with Gasteiger partial charge in [0.1, 0.15) is 6.61 Å². The maximum Gasteiger partial charge on any atom is 0.407 e. The Hall–Kier alpha value is -3.80. The quantitative estimate of drug-likeness (QED) is 0.215. The molecule has 3 aromatic carbocycles. The Morgan fingerprint density at radius 2 is 1.55 bits per heavy atom. The van der Waals surface area contributed by atoms with Crippen LogP contribution in [-0.4, -0.2) is 54.1 Å². The van der Waals surface area contributed by atoms with Crippen molar-refractivity contribution in [2.24, 2.45) is 5.92 Å². The Balaban J connectivity index is 1.85. The van der Waals surface area contributed by atoms with Crippen molar-refractivity contribution in [2.75, 3.05) is 13.1 Å². The van der Waals surface area contributed by atoms with Gasteiger partial charge in [0.15, 0.2) is 4.90 Å². The fourth-order valence-electron chi connectivity index (χ4n) is 4.08. The highest BCUT2D eigenvalue weighted by atomic mass is 32.2. The maximum absolute atomic E-state index is 13.7. The Labute approximate surface area is 234 Å². The molecule has 1 amide bonds. The van der Waals surface area contributed by atoms with Gasteiger partial charge in [0.05, 0.1) is 17.1 Å². The molecule has 10 nitrogen and oxygen atoms in total. The highest BCUT2D eigenvalue weighted by Crippen LogP contribution is 2.27. The number of sulfonamides is 1. The molecule has 2 N–H and O–H groups in total. The van der Waals surface area contributed by atoms with Gasteiger partial charge in [0, 0.05) is 19.2 Å². The molecule has 0 aliphatic carbocycles. The summed E-state index contributed by atoms with van der Waals surface area (Å²) in [6.45, 7) is 3.51. The summed E-state index contributed by atoms with van der Waals surface area (Å²) in [5.41, 5.74) is 1.05. The van der Waals surface area contributed by atoms with E-state index >= 15 is 0 Å². The van der Waals surface area contributed by atoms with E-state index in [0.717, 1.165) is 21.5 Å². The molecule has 0 bridgehead atoms. The molecular formula is C29H35N3O7S. The van der Waals surface area contributed by atoms with Crippen molar-refractivity contribution in [1.29, 1.82) is 0 Å². The van der Waals surface area contributed by atoms with Crippen molar-refractivity contribution in [3.05, 3.63) is 106 Å². The predicted octanol–water partition coefficient (Wildman–Crippen LogP) is 4.53. The fraction of sp³-hybridized carbons (Fsp3) is 0.345. The van der Waals surface area contributed by atoms with Gasteiger partial charge in [0.2, 0.25) is 10.0 Å². The highest BCUT2D eigenvalue weighted by molar-refractivity contribution is 7.89. The average molecular weight is 570 g/mol. The van der Waals surface area contributed by atoms with Gasteiger partial charge >= 0.3 is 6.09 Å². The van der Waals surface area contributed by atoms with E-state index in [-0.39, 0.29) is 25.5 Å². The van der Waals surface area contributed by atoms with Crippen molar-refractivity contribution in [3.63, 3.8) is 0 Å². The Morgan fingerprint density at radius 3 is 2.15 bits per heavy atom. The van der Waals surface area contributed by atoms with Gasteiger partial charge in [-0.15, -0.1) is 0 Å². The molecule has 0 aliphatic rings. The number of nitrogens with zero attached hydrogens (tertiary/aromatic N) is 2. The summed E-state index contributed by atoms with van der Waals surface area (Å²) in [5.74, 6) is 0.131. The van der Waals surface area contributed by atoms with Crippen molar-refractivity contribution >= 4 is 21.8 Å². The lowest BCUT2D eigenvalue weighted by molar-refractivity contribution is -0.387. The lowest BCUT2D eigenvalue weighted by Crippen LogP contribution is -2.51. The molecule has 0 saturated carbocycles. The van der Waals surface area contributed by atoms with Crippen LogP contribution in [0.25, 0.3) is 0 Å². The molecule has 3 aromatic rings. The number of carbonyl (C=O) groups excluding carboxylic acids is 1. The van der Waals surface area contributed by atoms with E-state index in [0.29, 0.717) is 6.42 Å². The first-order valence-electron chi connectivity index (χ1n) is 13.0. The van der Waals surface area contributed by atoms with Crippen LogP contribution in [0.3, 0.4) is 0 Å². The third-order valence-electron chi connectivity index (χ3n) is 6.31. The zero-order valence-electron chi connectivity index (χ0n) is 22.5. The summed E-state index contributed by atoms with van der Waals surface area (Å²) in [4.78, 5) is 23.1. The topological polar surface area (TPSA) is 139 Å². The van der Waals surface area contributed by atoms with Crippen LogP contribution in [0.15, 0.2) is 89.8 Å². The SMILES string of the molecule is CC(C)CCN(C[C@@H](O)[C@H](Cc1ccccc1)NC(=O)OCc1ccccc1)S(=O)(=O)c1ccccc1[N+](=O)[O-]. The minimum atomic E-state index is -4.36. The molecule has 0 radical (unpaired) electrons. The number of aliphatic hydroxyl groups is 1. The Morgan fingerprint density at radius 1 is 0.975 bits per heavy atom. The number of rotatable bonds is 14. The van der Waals surface area contributed by atoms with Crippen LogP contribution in [0.4, 0.5) is 10.5 Å². The average Bonchev–Trinajstić information content (AvgIpc) is 2.94. The molecule has 0 heterocycles. The lowest BCUT2D eigenvalue weighted by atomic mass is 10.0. The fourth-order valence-corrected chi connectivity index (χ4v) is 5.71. The Kier molecular flexibility index (Phi) is 11.2. The largest absolute Gasteiger partial charge is 0.445 e. The molecule has 214 valence electrons. The van der Waals surface area contributed by atoms with Crippen LogP contribution >= 0.6 is 0 Å². The Bertz CT molecular complexity index is 1350. The van der Waals surface area contributed by atoms with Gasteiger partial charge in [-0.25, -0.2) is 13.2 Å². The van der Waals surface area contributed by atoms with Gasteiger partial charge in [-0.1, -0.05) is 86.6 Å². The summed E-state index contributed by atoms with van der Waals surface area (Å²) >= 11 is 0. The van der Waals surface area contributed by atoms with Crippen LogP contribution in [0.1, 0.15) is 31.4 Å². The molecule has 0 spiro atoms.